The smallest absolute Gasteiger partial charge is 0.337 e. The number of carboxylic acids is 1. The molecule has 0 bridgehead atoms. The Bertz CT molecular complexity index is 597. The highest BCUT2D eigenvalue weighted by Gasteiger charge is 2.26. The van der Waals surface area contributed by atoms with E-state index in [2.05, 4.69) is 4.72 Å². The largest absolute Gasteiger partial charge is 0.478 e. The summed E-state index contributed by atoms with van der Waals surface area (Å²) in [5, 5.41) is 9.10. The number of rotatable bonds is 4. The second-order valence-electron chi connectivity index (χ2n) is 4.21. The molecule has 0 aromatic heterocycles. The van der Waals surface area contributed by atoms with E-state index in [0.717, 1.165) is 16.4 Å². The molecule has 1 aliphatic rings. The van der Waals surface area contributed by atoms with E-state index >= 15 is 0 Å². The van der Waals surface area contributed by atoms with Crippen molar-refractivity contribution in [3.63, 3.8) is 0 Å². The molecule has 1 heterocycles. The first-order valence-electron chi connectivity index (χ1n) is 5.71. The zero-order chi connectivity index (χ0) is 14.0. The van der Waals surface area contributed by atoms with Crippen LogP contribution in [0.25, 0.3) is 0 Å². The molecular weight excluding hydrogens is 383 g/mol. The molecule has 2 rings (SSSR count). The highest BCUT2D eigenvalue weighted by Crippen LogP contribution is 2.22. The highest BCUT2D eigenvalue weighted by atomic mass is 127. The van der Waals surface area contributed by atoms with Crippen LogP contribution in [0.2, 0.25) is 0 Å². The van der Waals surface area contributed by atoms with Gasteiger partial charge in [0.15, 0.2) is 0 Å². The fourth-order valence-electron chi connectivity index (χ4n) is 1.91. The summed E-state index contributed by atoms with van der Waals surface area (Å²) in [5.74, 6) is -1.15. The minimum absolute atomic E-state index is 0.0466. The summed E-state index contributed by atoms with van der Waals surface area (Å²) in [6.07, 6.45) is 1.67. The maximum atomic E-state index is 12.1. The molecule has 1 aromatic rings. The van der Waals surface area contributed by atoms with E-state index in [-0.39, 0.29) is 11.3 Å². The van der Waals surface area contributed by atoms with E-state index in [9.17, 15) is 13.2 Å². The van der Waals surface area contributed by atoms with Crippen molar-refractivity contribution in [2.75, 3.05) is 17.8 Å². The van der Waals surface area contributed by atoms with Crippen molar-refractivity contribution in [3.05, 3.63) is 27.3 Å². The predicted octanol–water partition coefficient (Wildman–Crippen LogP) is 1.74. The highest BCUT2D eigenvalue weighted by molar-refractivity contribution is 14.1. The third-order valence-electron chi connectivity index (χ3n) is 2.86. The Morgan fingerprint density at radius 2 is 1.95 bits per heavy atom. The number of nitrogens with zero attached hydrogens (tertiary/aromatic N) is 1. The molecule has 0 amide bonds. The topological polar surface area (TPSA) is 86.7 Å². The van der Waals surface area contributed by atoms with Gasteiger partial charge in [-0.15, -0.1) is 0 Å². The molecule has 1 saturated heterocycles. The van der Waals surface area contributed by atoms with Gasteiger partial charge in [-0.2, -0.15) is 12.7 Å². The number of hydrogen-bond donors (Lipinski definition) is 2. The lowest BCUT2D eigenvalue weighted by molar-refractivity contribution is 0.0698. The van der Waals surface area contributed by atoms with E-state index in [4.69, 9.17) is 5.11 Å². The lowest BCUT2D eigenvalue weighted by Crippen LogP contribution is -2.33. The van der Waals surface area contributed by atoms with Crippen LogP contribution in [0, 0.1) is 3.57 Å². The third-order valence-corrected chi connectivity index (χ3v) is 5.05. The van der Waals surface area contributed by atoms with Gasteiger partial charge in [-0.3, -0.25) is 4.72 Å². The van der Waals surface area contributed by atoms with Crippen molar-refractivity contribution in [2.45, 2.75) is 12.8 Å². The summed E-state index contributed by atoms with van der Waals surface area (Å²) in [6.45, 7) is 0.949. The molecule has 0 atom stereocenters. The Balaban J connectivity index is 2.30. The molecule has 0 radical (unpaired) electrons. The van der Waals surface area contributed by atoms with Gasteiger partial charge in [-0.1, -0.05) is 0 Å². The quantitative estimate of drug-likeness (QED) is 0.760. The zero-order valence-corrected chi connectivity index (χ0v) is 12.9. The fourth-order valence-corrected chi connectivity index (χ4v) is 3.73. The van der Waals surface area contributed by atoms with E-state index in [0.29, 0.717) is 13.1 Å². The summed E-state index contributed by atoms with van der Waals surface area (Å²) in [7, 11) is -3.66. The number of benzene rings is 1. The van der Waals surface area contributed by atoms with Gasteiger partial charge in [0.05, 0.1) is 11.3 Å². The Hall–Kier alpha value is -0.870. The molecule has 104 valence electrons. The van der Waals surface area contributed by atoms with Crippen LogP contribution >= 0.6 is 22.6 Å². The predicted molar refractivity (Wildman–Crippen MR) is 79.5 cm³/mol. The molecule has 19 heavy (non-hydrogen) atoms. The van der Waals surface area contributed by atoms with Crippen LogP contribution in [-0.2, 0) is 10.2 Å². The summed E-state index contributed by atoms with van der Waals surface area (Å²) in [6, 6.07) is 4.57. The molecular formula is C11H13IN2O4S. The molecule has 1 aromatic carbocycles. The number of halogens is 1. The number of carboxylic acid groups (broad SMARTS) is 1. The van der Waals surface area contributed by atoms with Gasteiger partial charge in [0.1, 0.15) is 0 Å². The molecule has 2 N–H and O–H groups in total. The van der Waals surface area contributed by atoms with Crippen molar-refractivity contribution in [1.82, 2.24) is 4.31 Å². The molecule has 8 heteroatoms. The maximum Gasteiger partial charge on any atom is 0.337 e. The number of nitrogens with one attached hydrogen (secondary N) is 1. The number of aromatic carboxylic acids is 1. The molecule has 1 fully saturated rings. The minimum atomic E-state index is -3.66. The summed E-state index contributed by atoms with van der Waals surface area (Å²) in [4.78, 5) is 11.1. The summed E-state index contributed by atoms with van der Waals surface area (Å²) >= 11 is 1.98. The average molecular weight is 396 g/mol. The van der Waals surface area contributed by atoms with Gasteiger partial charge in [0.25, 0.3) is 0 Å². The second kappa shape index (κ2) is 5.63. The van der Waals surface area contributed by atoms with Gasteiger partial charge in [-0.25, -0.2) is 4.79 Å². The zero-order valence-electron chi connectivity index (χ0n) is 9.97. The lowest BCUT2D eigenvalue weighted by atomic mass is 10.2. The SMILES string of the molecule is O=C(O)c1cc(I)ccc1NS(=O)(=O)N1CCCC1. The number of hydrogen-bond acceptors (Lipinski definition) is 3. The van der Waals surface area contributed by atoms with Crippen LogP contribution < -0.4 is 4.72 Å². The van der Waals surface area contributed by atoms with Gasteiger partial charge in [0, 0.05) is 16.7 Å². The molecule has 0 aliphatic carbocycles. The summed E-state index contributed by atoms with van der Waals surface area (Å²) in [5.41, 5.74) is 0.0505. The van der Waals surface area contributed by atoms with Crippen LogP contribution in [0.5, 0.6) is 0 Å². The molecule has 0 saturated carbocycles. The van der Waals surface area contributed by atoms with Crippen LogP contribution in [0.1, 0.15) is 23.2 Å². The van der Waals surface area contributed by atoms with Crippen molar-refractivity contribution >= 4 is 44.5 Å². The van der Waals surface area contributed by atoms with Crippen LogP contribution in [-0.4, -0.2) is 36.9 Å². The van der Waals surface area contributed by atoms with E-state index < -0.39 is 16.2 Å². The molecule has 6 nitrogen and oxygen atoms in total. The van der Waals surface area contributed by atoms with E-state index in [1.807, 2.05) is 22.6 Å². The summed E-state index contributed by atoms with van der Waals surface area (Å²) < 4.78 is 28.6. The average Bonchev–Trinajstić information content (AvgIpc) is 2.85. The monoisotopic (exact) mass is 396 g/mol. The van der Waals surface area contributed by atoms with Crippen LogP contribution in [0.3, 0.4) is 0 Å². The van der Waals surface area contributed by atoms with Crippen molar-refractivity contribution in [2.24, 2.45) is 0 Å². The third kappa shape index (κ3) is 3.37. The van der Waals surface area contributed by atoms with Gasteiger partial charge in [0.2, 0.25) is 0 Å². The Kier molecular flexibility index (Phi) is 4.31. The molecule has 0 spiro atoms. The Labute approximate surface area is 125 Å². The van der Waals surface area contributed by atoms with Crippen molar-refractivity contribution < 1.29 is 18.3 Å². The maximum absolute atomic E-state index is 12.1. The second-order valence-corrected chi connectivity index (χ2v) is 7.12. The first-order chi connectivity index (χ1) is 8.90. The fraction of sp³-hybridized carbons (Fsp3) is 0.364. The number of carbonyl (C=O) groups is 1. The van der Waals surface area contributed by atoms with Gasteiger partial charge in [-0.05, 0) is 53.6 Å². The minimum Gasteiger partial charge on any atom is -0.478 e. The first-order valence-corrected chi connectivity index (χ1v) is 8.23. The molecule has 0 unspecified atom stereocenters. The lowest BCUT2D eigenvalue weighted by Gasteiger charge is -2.18. The number of anilines is 1. The van der Waals surface area contributed by atoms with E-state index in [1.54, 1.807) is 6.07 Å². The van der Waals surface area contributed by atoms with Gasteiger partial charge < -0.3 is 5.11 Å². The van der Waals surface area contributed by atoms with Crippen molar-refractivity contribution in [3.8, 4) is 0 Å². The molecule has 1 aliphatic heterocycles. The van der Waals surface area contributed by atoms with Gasteiger partial charge >= 0.3 is 16.2 Å². The Morgan fingerprint density at radius 3 is 2.53 bits per heavy atom. The van der Waals surface area contributed by atoms with Crippen LogP contribution in [0.4, 0.5) is 5.69 Å². The standard InChI is InChI=1S/C11H13IN2O4S/c12-8-3-4-10(9(7-8)11(15)16)13-19(17,18)14-5-1-2-6-14/h3-4,7,13H,1-2,5-6H2,(H,15,16). The van der Waals surface area contributed by atoms with E-state index in [1.165, 1.54) is 16.4 Å². The normalized spacial score (nSPS) is 16.5. The Morgan fingerprint density at radius 1 is 1.32 bits per heavy atom. The first kappa shape index (κ1) is 14.5. The van der Waals surface area contributed by atoms with Crippen LogP contribution in [0.15, 0.2) is 18.2 Å². The van der Waals surface area contributed by atoms with Crippen molar-refractivity contribution in [1.29, 1.82) is 0 Å².